The summed E-state index contributed by atoms with van der Waals surface area (Å²) in [6.07, 6.45) is 4.33. The number of nitrogens with one attached hydrogen (secondary N) is 1. The van der Waals surface area contributed by atoms with Crippen molar-refractivity contribution in [1.82, 2.24) is 25.0 Å². The Bertz CT molecular complexity index is 702. The van der Waals surface area contributed by atoms with Crippen LogP contribution < -0.4 is 5.32 Å². The number of carbonyl (C=O) groups is 1. The summed E-state index contributed by atoms with van der Waals surface area (Å²) in [5.74, 6) is 0.771. The molecule has 0 saturated carbocycles. The molecule has 1 saturated heterocycles. The Morgan fingerprint density at radius 2 is 2.25 bits per heavy atom. The molecule has 24 heavy (non-hydrogen) atoms. The molecule has 1 aromatic heterocycles. The van der Waals surface area contributed by atoms with E-state index in [1.54, 1.807) is 4.68 Å². The summed E-state index contributed by atoms with van der Waals surface area (Å²) in [6.45, 7) is 3.91. The van der Waals surface area contributed by atoms with E-state index in [0.29, 0.717) is 6.54 Å². The van der Waals surface area contributed by atoms with Crippen molar-refractivity contribution in [2.45, 2.75) is 45.3 Å². The lowest BCUT2D eigenvalue weighted by Crippen LogP contribution is -2.43. The molecule has 7 heteroatoms. The number of nitrogens with zero attached hydrogens (tertiary/aromatic N) is 4. The number of likely N-dealkylation sites (tertiary alicyclic amines) is 1. The van der Waals surface area contributed by atoms with Gasteiger partial charge in [-0.3, -0.25) is 0 Å². The number of aryl methyl sites for hydroxylation is 1. The lowest BCUT2D eigenvalue weighted by atomic mass is 10.0. The predicted octanol–water partition coefficient (Wildman–Crippen LogP) is 2.87. The molecule has 0 radical (unpaired) electrons. The van der Waals surface area contributed by atoms with Crippen LogP contribution in [0.4, 0.5) is 4.79 Å². The van der Waals surface area contributed by atoms with Crippen molar-refractivity contribution >= 4 is 17.6 Å². The van der Waals surface area contributed by atoms with Crippen molar-refractivity contribution < 1.29 is 4.79 Å². The van der Waals surface area contributed by atoms with E-state index in [1.807, 2.05) is 36.1 Å². The number of urea groups is 1. The van der Waals surface area contributed by atoms with Gasteiger partial charge in [0.05, 0.1) is 6.54 Å². The molecule has 1 atom stereocenters. The van der Waals surface area contributed by atoms with E-state index in [-0.39, 0.29) is 12.1 Å². The van der Waals surface area contributed by atoms with Crippen molar-refractivity contribution in [3.63, 3.8) is 0 Å². The quantitative estimate of drug-likeness (QED) is 0.904. The van der Waals surface area contributed by atoms with Gasteiger partial charge in [0.15, 0.2) is 0 Å². The van der Waals surface area contributed by atoms with Crippen LogP contribution in [0.5, 0.6) is 0 Å². The molecule has 1 N–H and O–H groups in total. The number of aromatic nitrogens is 3. The highest BCUT2D eigenvalue weighted by Crippen LogP contribution is 2.24. The third kappa shape index (κ3) is 3.70. The van der Waals surface area contributed by atoms with Crippen LogP contribution in [0.25, 0.3) is 0 Å². The fourth-order valence-corrected chi connectivity index (χ4v) is 3.39. The van der Waals surface area contributed by atoms with Gasteiger partial charge in [-0.15, -0.1) is 0 Å². The van der Waals surface area contributed by atoms with Crippen molar-refractivity contribution in [2.75, 3.05) is 6.54 Å². The fourth-order valence-electron chi connectivity index (χ4n) is 3.18. The minimum Gasteiger partial charge on any atom is -0.331 e. The van der Waals surface area contributed by atoms with Crippen molar-refractivity contribution in [1.29, 1.82) is 0 Å². The van der Waals surface area contributed by atoms with Gasteiger partial charge in [0.1, 0.15) is 12.2 Å². The Balaban J connectivity index is 1.60. The van der Waals surface area contributed by atoms with Crippen LogP contribution >= 0.6 is 11.6 Å². The van der Waals surface area contributed by atoms with Gasteiger partial charge in [0.2, 0.25) is 0 Å². The topological polar surface area (TPSA) is 63.1 Å². The third-order valence-corrected chi connectivity index (χ3v) is 4.81. The van der Waals surface area contributed by atoms with E-state index >= 15 is 0 Å². The molecule has 128 valence electrons. The van der Waals surface area contributed by atoms with Gasteiger partial charge in [0.25, 0.3) is 0 Å². The number of amides is 2. The van der Waals surface area contributed by atoms with Crippen molar-refractivity contribution in [2.24, 2.45) is 0 Å². The monoisotopic (exact) mass is 347 g/mol. The van der Waals surface area contributed by atoms with E-state index in [4.69, 9.17) is 11.6 Å². The molecule has 2 aromatic rings. The number of benzene rings is 1. The number of halogens is 1. The molecule has 0 bridgehead atoms. The summed E-state index contributed by atoms with van der Waals surface area (Å²) in [5, 5.41) is 7.84. The second-order valence-electron chi connectivity index (χ2n) is 5.94. The van der Waals surface area contributed by atoms with Crippen LogP contribution in [-0.4, -0.2) is 38.3 Å². The minimum absolute atomic E-state index is 0.0461. The first-order valence-electron chi connectivity index (χ1n) is 8.33. The van der Waals surface area contributed by atoms with Crippen molar-refractivity contribution in [3.05, 3.63) is 47.0 Å². The number of rotatable bonds is 5. The highest BCUT2D eigenvalue weighted by molar-refractivity contribution is 6.31. The van der Waals surface area contributed by atoms with E-state index in [9.17, 15) is 4.79 Å². The highest BCUT2D eigenvalue weighted by Gasteiger charge is 2.29. The van der Waals surface area contributed by atoms with Crippen LogP contribution in [0.3, 0.4) is 0 Å². The summed E-state index contributed by atoms with van der Waals surface area (Å²) in [7, 11) is 0. The molecule has 1 fully saturated rings. The third-order valence-electron chi connectivity index (χ3n) is 4.44. The van der Waals surface area contributed by atoms with E-state index in [2.05, 4.69) is 15.4 Å². The summed E-state index contributed by atoms with van der Waals surface area (Å²) in [6, 6.07) is 7.98. The summed E-state index contributed by atoms with van der Waals surface area (Å²) in [5.41, 5.74) is 1.09. The first kappa shape index (κ1) is 16.8. The largest absolute Gasteiger partial charge is 0.331 e. The van der Waals surface area contributed by atoms with Gasteiger partial charge < -0.3 is 10.2 Å². The molecule has 1 aliphatic heterocycles. The zero-order valence-electron chi connectivity index (χ0n) is 13.8. The molecule has 1 aliphatic rings. The van der Waals surface area contributed by atoms with Crippen LogP contribution in [-0.2, 0) is 19.5 Å². The number of hydrogen-bond donors (Lipinski definition) is 1. The summed E-state index contributed by atoms with van der Waals surface area (Å²) < 4.78 is 1.78. The molecule has 0 spiro atoms. The average Bonchev–Trinajstić information content (AvgIpc) is 3.23. The molecule has 3 rings (SSSR count). The molecule has 1 aromatic carbocycles. The number of hydrogen-bond acceptors (Lipinski definition) is 3. The van der Waals surface area contributed by atoms with Gasteiger partial charge in [-0.1, -0.05) is 29.8 Å². The molecule has 1 unspecified atom stereocenters. The second kappa shape index (κ2) is 7.66. The van der Waals surface area contributed by atoms with Crippen LogP contribution in [0.1, 0.15) is 31.2 Å². The molecule has 6 nitrogen and oxygen atoms in total. The van der Waals surface area contributed by atoms with Gasteiger partial charge >= 0.3 is 6.03 Å². The molecule has 0 aliphatic carbocycles. The lowest BCUT2D eigenvalue weighted by molar-refractivity contribution is 0.191. The first-order valence-corrected chi connectivity index (χ1v) is 8.71. The molecule has 2 heterocycles. The average molecular weight is 348 g/mol. The van der Waals surface area contributed by atoms with Crippen LogP contribution in [0, 0.1) is 0 Å². The van der Waals surface area contributed by atoms with Crippen LogP contribution in [0.15, 0.2) is 30.6 Å². The van der Waals surface area contributed by atoms with E-state index < -0.39 is 0 Å². The highest BCUT2D eigenvalue weighted by atomic mass is 35.5. The van der Waals surface area contributed by atoms with E-state index in [1.165, 1.54) is 6.33 Å². The van der Waals surface area contributed by atoms with Crippen LogP contribution in [0.2, 0.25) is 5.02 Å². The Morgan fingerprint density at radius 3 is 3.04 bits per heavy atom. The Labute approximate surface area is 146 Å². The maximum atomic E-state index is 12.6. The maximum absolute atomic E-state index is 12.6. The van der Waals surface area contributed by atoms with Gasteiger partial charge in [0, 0.05) is 24.2 Å². The number of carbonyl (C=O) groups excluding carboxylic acids is 1. The van der Waals surface area contributed by atoms with Crippen molar-refractivity contribution in [3.8, 4) is 0 Å². The van der Waals surface area contributed by atoms with Gasteiger partial charge in [-0.05, 0) is 37.8 Å². The molecule has 2 amide bonds. The zero-order chi connectivity index (χ0) is 16.9. The predicted molar refractivity (Wildman–Crippen MR) is 92.8 cm³/mol. The van der Waals surface area contributed by atoms with E-state index in [0.717, 1.165) is 48.8 Å². The zero-order valence-corrected chi connectivity index (χ0v) is 14.5. The molecular weight excluding hydrogens is 326 g/mol. The van der Waals surface area contributed by atoms with Gasteiger partial charge in [-0.25, -0.2) is 14.5 Å². The first-order chi connectivity index (χ1) is 11.7. The summed E-state index contributed by atoms with van der Waals surface area (Å²) in [4.78, 5) is 18.6. The smallest absolute Gasteiger partial charge is 0.318 e. The molecular formula is C17H22ClN5O. The minimum atomic E-state index is -0.0461. The Hall–Kier alpha value is -2.08. The second-order valence-corrected chi connectivity index (χ2v) is 6.34. The maximum Gasteiger partial charge on any atom is 0.318 e. The van der Waals surface area contributed by atoms with Gasteiger partial charge in [-0.2, -0.15) is 5.10 Å². The normalized spacial score (nSPS) is 17.2. The SMILES string of the molecule is CCn1ncnc1CNC(=O)N1CCCC1Cc1ccccc1Cl. The summed E-state index contributed by atoms with van der Waals surface area (Å²) >= 11 is 6.26. The Morgan fingerprint density at radius 1 is 1.42 bits per heavy atom. The fraction of sp³-hybridized carbons (Fsp3) is 0.471. The lowest BCUT2D eigenvalue weighted by Gasteiger charge is -2.25. The Kier molecular flexibility index (Phi) is 5.35. The standard InChI is InChI=1S/C17H22ClN5O/c1-2-23-16(20-12-21-23)11-19-17(24)22-9-5-7-14(22)10-13-6-3-4-8-15(13)18/h3-4,6,8,12,14H,2,5,7,9-11H2,1H3,(H,19,24).